The molecule has 1 aromatic heterocycles. The minimum Gasteiger partial charge on any atom is -0.323 e. The Kier molecular flexibility index (Phi) is 4.11. The molecule has 158 valence electrons. The second-order valence-electron chi connectivity index (χ2n) is 7.95. The van der Waals surface area contributed by atoms with Crippen LogP contribution in [0.25, 0.3) is 10.8 Å². The summed E-state index contributed by atoms with van der Waals surface area (Å²) in [5.41, 5.74) is -3.83. The van der Waals surface area contributed by atoms with Gasteiger partial charge in [-0.25, -0.2) is 9.69 Å². The molecule has 0 atom stereocenters. The van der Waals surface area contributed by atoms with Gasteiger partial charge in [-0.05, 0) is 24.5 Å². The van der Waals surface area contributed by atoms with E-state index in [0.29, 0.717) is 10.8 Å². The lowest BCUT2D eigenvalue weighted by Crippen LogP contribution is -2.68. The number of fused-ring (bicyclic) bond motifs is 1. The third-order valence-corrected chi connectivity index (χ3v) is 6.52. The molecule has 1 aliphatic carbocycles. The van der Waals surface area contributed by atoms with Crippen molar-refractivity contribution < 1.29 is 22.8 Å². The van der Waals surface area contributed by atoms with Crippen LogP contribution in [0.2, 0.25) is 5.02 Å². The number of nitrogens with one attached hydrogen (secondary N) is 1. The summed E-state index contributed by atoms with van der Waals surface area (Å²) in [6.07, 6.45) is -2.94. The smallest absolute Gasteiger partial charge is 0.323 e. The first kappa shape index (κ1) is 19.8. The number of hydrogen-bond donors (Lipinski definition) is 1. The van der Waals surface area contributed by atoms with Crippen LogP contribution < -0.4 is 10.2 Å². The fourth-order valence-corrected chi connectivity index (χ4v) is 5.05. The second kappa shape index (κ2) is 6.43. The van der Waals surface area contributed by atoms with Gasteiger partial charge < -0.3 is 5.32 Å². The van der Waals surface area contributed by atoms with Gasteiger partial charge in [-0.15, -0.1) is 0 Å². The first-order valence-electron chi connectivity index (χ1n) is 9.50. The highest BCUT2D eigenvalue weighted by molar-refractivity contribution is 6.31. The number of hydrogen-bond acceptors (Lipinski definition) is 3. The molecule has 1 aliphatic heterocycles. The number of rotatable bonds is 2. The average Bonchev–Trinajstić information content (AvgIpc) is 2.96. The lowest BCUT2D eigenvalue weighted by Gasteiger charge is -2.53. The molecule has 3 amide bonds. The molecule has 2 fully saturated rings. The fourth-order valence-electron chi connectivity index (χ4n) is 4.73. The standard InChI is InChI=1S/C22H15ClF3N3O2/c23-16-8-4-3-7-15(16)20(22(24,25)26)11-21(12-20)18(30)29(19(31)28-21)17-10-27-9-13-5-1-2-6-14(13)17/h1-10H,11-12H2,(H,28,31). The Bertz CT molecular complexity index is 1230. The fraction of sp³-hybridized carbons (Fsp3) is 0.227. The maximum Gasteiger partial charge on any atom is 0.398 e. The van der Waals surface area contributed by atoms with E-state index in [1.807, 2.05) is 0 Å². The van der Waals surface area contributed by atoms with Gasteiger partial charge in [0.1, 0.15) is 5.54 Å². The molecule has 2 heterocycles. The van der Waals surface area contributed by atoms with E-state index in [4.69, 9.17) is 11.6 Å². The van der Waals surface area contributed by atoms with Crippen LogP contribution in [0.1, 0.15) is 18.4 Å². The number of nitrogens with zero attached hydrogens (tertiary/aromatic N) is 2. The normalized spacial score (nSPS) is 25.7. The van der Waals surface area contributed by atoms with Gasteiger partial charge in [-0.2, -0.15) is 13.2 Å². The van der Waals surface area contributed by atoms with Gasteiger partial charge >= 0.3 is 12.2 Å². The lowest BCUT2D eigenvalue weighted by molar-refractivity contribution is -0.227. The number of amides is 3. The molecule has 31 heavy (non-hydrogen) atoms. The van der Waals surface area contributed by atoms with Crippen molar-refractivity contribution in [2.75, 3.05) is 4.90 Å². The van der Waals surface area contributed by atoms with Crippen LogP contribution in [0.15, 0.2) is 60.9 Å². The third-order valence-electron chi connectivity index (χ3n) is 6.19. The summed E-state index contributed by atoms with van der Waals surface area (Å²) in [5, 5.41) is 3.79. The van der Waals surface area contributed by atoms with Gasteiger partial charge in [0, 0.05) is 22.0 Å². The number of carbonyl (C=O) groups excluding carboxylic acids is 2. The van der Waals surface area contributed by atoms with Crippen molar-refractivity contribution in [3.63, 3.8) is 0 Å². The lowest BCUT2D eigenvalue weighted by atomic mass is 9.53. The predicted octanol–water partition coefficient (Wildman–Crippen LogP) is 4.98. The molecule has 1 N–H and O–H groups in total. The third kappa shape index (κ3) is 2.67. The van der Waals surface area contributed by atoms with Crippen LogP contribution >= 0.6 is 11.6 Å². The molecule has 5 nitrogen and oxygen atoms in total. The molecule has 1 spiro atoms. The number of aromatic nitrogens is 1. The van der Waals surface area contributed by atoms with E-state index in [2.05, 4.69) is 10.3 Å². The minimum absolute atomic E-state index is 0.0263. The Morgan fingerprint density at radius 2 is 1.68 bits per heavy atom. The van der Waals surface area contributed by atoms with Crippen molar-refractivity contribution in [1.29, 1.82) is 0 Å². The monoisotopic (exact) mass is 445 g/mol. The highest BCUT2D eigenvalue weighted by Gasteiger charge is 2.74. The summed E-state index contributed by atoms with van der Waals surface area (Å²) in [6, 6.07) is 12.0. The minimum atomic E-state index is -4.65. The van der Waals surface area contributed by atoms with Gasteiger partial charge in [-0.1, -0.05) is 54.1 Å². The molecule has 1 saturated carbocycles. The Morgan fingerprint density at radius 3 is 2.39 bits per heavy atom. The van der Waals surface area contributed by atoms with E-state index in [1.54, 1.807) is 36.5 Å². The number of imide groups is 1. The van der Waals surface area contributed by atoms with Gasteiger partial charge in [0.2, 0.25) is 0 Å². The number of urea groups is 1. The van der Waals surface area contributed by atoms with Crippen molar-refractivity contribution in [3.8, 4) is 0 Å². The van der Waals surface area contributed by atoms with E-state index in [9.17, 15) is 22.8 Å². The van der Waals surface area contributed by atoms with Gasteiger partial charge in [-0.3, -0.25) is 9.78 Å². The highest BCUT2D eigenvalue weighted by atomic mass is 35.5. The number of pyridine rings is 1. The number of carbonyl (C=O) groups is 2. The summed E-state index contributed by atoms with van der Waals surface area (Å²) in [4.78, 5) is 31.0. The Hall–Kier alpha value is -3.13. The molecule has 5 rings (SSSR count). The zero-order valence-corrected chi connectivity index (χ0v) is 16.7. The van der Waals surface area contributed by atoms with Crippen molar-refractivity contribution in [2.45, 2.75) is 30.0 Å². The molecule has 0 unspecified atom stereocenters. The van der Waals surface area contributed by atoms with E-state index in [-0.39, 0.29) is 16.3 Å². The molecule has 0 radical (unpaired) electrons. The molecule has 3 aromatic rings. The van der Waals surface area contributed by atoms with Gasteiger partial charge in [0.25, 0.3) is 5.91 Å². The largest absolute Gasteiger partial charge is 0.398 e. The Balaban J connectivity index is 1.55. The van der Waals surface area contributed by atoms with Crippen LogP contribution in [-0.4, -0.2) is 28.6 Å². The van der Waals surface area contributed by atoms with Crippen molar-refractivity contribution in [1.82, 2.24) is 10.3 Å². The van der Waals surface area contributed by atoms with Crippen LogP contribution in [0.5, 0.6) is 0 Å². The summed E-state index contributed by atoms with van der Waals surface area (Å²) in [6.45, 7) is 0. The number of benzene rings is 2. The molecular weight excluding hydrogens is 431 g/mol. The molecule has 2 aromatic carbocycles. The van der Waals surface area contributed by atoms with E-state index >= 15 is 0 Å². The van der Waals surface area contributed by atoms with Gasteiger partial charge in [0.15, 0.2) is 0 Å². The molecule has 0 bridgehead atoms. The van der Waals surface area contributed by atoms with E-state index in [0.717, 1.165) is 4.90 Å². The maximum atomic E-state index is 14.2. The SMILES string of the molecule is O=C1NC2(CC(c3ccccc3Cl)(C(F)(F)F)C2)C(=O)N1c1cncc2ccccc12. The topological polar surface area (TPSA) is 62.3 Å². The quantitative estimate of drug-likeness (QED) is 0.566. The van der Waals surface area contributed by atoms with Gasteiger partial charge in [0.05, 0.1) is 17.3 Å². The molecular formula is C22H15ClF3N3O2. The van der Waals surface area contributed by atoms with Crippen LogP contribution in [0.4, 0.5) is 23.7 Å². The first-order chi connectivity index (χ1) is 14.7. The molecule has 9 heteroatoms. The highest BCUT2D eigenvalue weighted by Crippen LogP contribution is 2.61. The average molecular weight is 446 g/mol. The van der Waals surface area contributed by atoms with E-state index < -0.39 is 41.9 Å². The van der Waals surface area contributed by atoms with E-state index in [1.165, 1.54) is 24.4 Å². The first-order valence-corrected chi connectivity index (χ1v) is 9.88. The van der Waals surface area contributed by atoms with Crippen LogP contribution in [0, 0.1) is 0 Å². The zero-order chi connectivity index (χ0) is 22.0. The van der Waals surface area contributed by atoms with Crippen LogP contribution in [-0.2, 0) is 10.2 Å². The zero-order valence-electron chi connectivity index (χ0n) is 15.9. The summed E-state index contributed by atoms with van der Waals surface area (Å²) in [5.74, 6) is -0.720. The van der Waals surface area contributed by atoms with Crippen LogP contribution in [0.3, 0.4) is 0 Å². The summed E-state index contributed by atoms with van der Waals surface area (Å²) < 4.78 is 42.6. The van der Waals surface area contributed by atoms with Crippen molar-refractivity contribution >= 4 is 40.0 Å². The molecule has 1 saturated heterocycles. The number of halogens is 4. The van der Waals surface area contributed by atoms with Crippen molar-refractivity contribution in [2.24, 2.45) is 0 Å². The molecule has 2 aliphatic rings. The summed E-state index contributed by atoms with van der Waals surface area (Å²) >= 11 is 6.09. The Labute approximate surface area is 179 Å². The maximum absolute atomic E-state index is 14.2. The summed E-state index contributed by atoms with van der Waals surface area (Å²) in [7, 11) is 0. The number of anilines is 1. The predicted molar refractivity (Wildman–Crippen MR) is 109 cm³/mol. The van der Waals surface area contributed by atoms with Crippen molar-refractivity contribution in [3.05, 3.63) is 71.5 Å². The second-order valence-corrected chi connectivity index (χ2v) is 8.35. The Morgan fingerprint density at radius 1 is 1.00 bits per heavy atom. The number of alkyl halides is 3.